The van der Waals surface area contributed by atoms with Crippen molar-refractivity contribution in [2.75, 3.05) is 19.8 Å². The van der Waals surface area contributed by atoms with Crippen LogP contribution in [-0.4, -0.2) is 47.5 Å². The maximum Gasteiger partial charge on any atom is 0.328 e. The van der Waals surface area contributed by atoms with Gasteiger partial charge in [0.1, 0.15) is 5.54 Å². The number of esters is 1. The summed E-state index contributed by atoms with van der Waals surface area (Å²) >= 11 is 0. The number of carbonyl (C=O) groups excluding carboxylic acids is 1. The number of hydrogen-bond donors (Lipinski definition) is 0. The summed E-state index contributed by atoms with van der Waals surface area (Å²) in [7, 11) is 0. The normalized spacial score (nSPS) is 13.1. The van der Waals surface area contributed by atoms with E-state index >= 15 is 0 Å². The molecule has 0 aromatic rings. The first-order valence-electron chi connectivity index (χ1n) is 7.60. The van der Waals surface area contributed by atoms with E-state index in [4.69, 9.17) is 14.3 Å². The van der Waals surface area contributed by atoms with Crippen LogP contribution >= 0.6 is 0 Å². The third-order valence-corrected chi connectivity index (χ3v) is 3.08. The molecule has 0 aliphatic heterocycles. The number of nitrogens with zero attached hydrogens (tertiary/aromatic N) is 2. The van der Waals surface area contributed by atoms with Gasteiger partial charge in [0, 0.05) is 6.61 Å². The van der Waals surface area contributed by atoms with Gasteiger partial charge in [0.2, 0.25) is 0 Å². The maximum absolute atomic E-state index is 12.3. The molecule has 6 nitrogen and oxygen atoms in total. The number of carbonyl (C=O) groups is 1. The zero-order chi connectivity index (χ0) is 17.6. The van der Waals surface area contributed by atoms with Crippen molar-refractivity contribution < 1.29 is 19.1 Å². The predicted molar refractivity (Wildman–Crippen MR) is 83.9 cm³/mol. The van der Waals surface area contributed by atoms with Crippen LogP contribution in [0.15, 0.2) is 0 Å². The monoisotopic (exact) mass is 314 g/mol. The molecule has 128 valence electrons. The molecular formula is C16H30N2O4. The molecule has 0 radical (unpaired) electrons. The molecule has 0 bridgehead atoms. The van der Waals surface area contributed by atoms with Gasteiger partial charge in [0.15, 0.2) is 5.60 Å². The highest BCUT2D eigenvalue weighted by Crippen LogP contribution is 2.30. The van der Waals surface area contributed by atoms with Crippen LogP contribution in [0.5, 0.6) is 0 Å². The smallest absolute Gasteiger partial charge is 0.328 e. The lowest BCUT2D eigenvalue weighted by Crippen LogP contribution is -2.63. The largest absolute Gasteiger partial charge is 0.465 e. The highest BCUT2D eigenvalue weighted by atomic mass is 16.7. The third-order valence-electron chi connectivity index (χ3n) is 3.08. The minimum Gasteiger partial charge on any atom is -0.465 e. The van der Waals surface area contributed by atoms with E-state index in [2.05, 4.69) is 6.07 Å². The molecule has 6 heteroatoms. The van der Waals surface area contributed by atoms with Crippen LogP contribution < -0.4 is 0 Å². The fraction of sp³-hybridized carbons (Fsp3) is 0.875. The Balaban J connectivity index is 5.60. The summed E-state index contributed by atoms with van der Waals surface area (Å²) < 4.78 is 10.7. The molecule has 0 amide bonds. The quantitative estimate of drug-likeness (QED) is 0.481. The van der Waals surface area contributed by atoms with Gasteiger partial charge in [-0.2, -0.15) is 10.3 Å². The lowest BCUT2D eigenvalue weighted by Gasteiger charge is -2.47. The van der Waals surface area contributed by atoms with E-state index in [1.807, 2.05) is 20.8 Å². The Morgan fingerprint density at radius 1 is 1.09 bits per heavy atom. The van der Waals surface area contributed by atoms with Crippen LogP contribution in [0.3, 0.4) is 0 Å². The van der Waals surface area contributed by atoms with Crippen molar-refractivity contribution in [3.8, 4) is 6.07 Å². The second kappa shape index (κ2) is 7.91. The van der Waals surface area contributed by atoms with Gasteiger partial charge in [-0.1, -0.05) is 0 Å². The van der Waals surface area contributed by atoms with Crippen molar-refractivity contribution in [1.82, 2.24) is 5.06 Å². The van der Waals surface area contributed by atoms with Crippen LogP contribution in [0, 0.1) is 11.3 Å². The lowest BCUT2D eigenvalue weighted by molar-refractivity contribution is -0.307. The van der Waals surface area contributed by atoms with Gasteiger partial charge in [-0.3, -0.25) is 4.84 Å². The standard InChI is InChI=1S/C16H30N2O4/c1-9-20-12-14(3,4)18(22-15(5,6)11-17)16(7,8)13(19)21-10-2/h9-10,12H2,1-8H3. The third kappa shape index (κ3) is 5.56. The van der Waals surface area contributed by atoms with Crippen LogP contribution in [-0.2, 0) is 19.1 Å². The average Bonchev–Trinajstić information content (AvgIpc) is 2.42. The molecule has 0 spiro atoms. The minimum absolute atomic E-state index is 0.281. The van der Waals surface area contributed by atoms with E-state index < -0.39 is 22.6 Å². The molecular weight excluding hydrogens is 284 g/mol. The summed E-state index contributed by atoms with van der Waals surface area (Å²) in [5, 5.41) is 10.8. The Kier molecular flexibility index (Phi) is 7.49. The fourth-order valence-electron chi connectivity index (χ4n) is 2.04. The molecule has 0 N–H and O–H groups in total. The lowest BCUT2D eigenvalue weighted by atomic mass is 9.96. The van der Waals surface area contributed by atoms with E-state index in [1.165, 1.54) is 5.06 Å². The number of ether oxygens (including phenoxy) is 2. The Bertz CT molecular complexity index is 411. The summed E-state index contributed by atoms with van der Waals surface area (Å²) in [6.45, 7) is 15.4. The van der Waals surface area contributed by atoms with Gasteiger partial charge in [-0.25, -0.2) is 4.79 Å². The van der Waals surface area contributed by atoms with Crippen LogP contribution in [0.2, 0.25) is 0 Å². The molecule has 0 heterocycles. The summed E-state index contributed by atoms with van der Waals surface area (Å²) in [6.07, 6.45) is 0. The number of hydroxylamine groups is 2. The van der Waals surface area contributed by atoms with Gasteiger partial charge < -0.3 is 9.47 Å². The van der Waals surface area contributed by atoms with Crippen molar-refractivity contribution in [3.63, 3.8) is 0 Å². The summed E-state index contributed by atoms with van der Waals surface area (Å²) in [5.74, 6) is -0.409. The second-order valence-corrected chi connectivity index (χ2v) is 6.74. The van der Waals surface area contributed by atoms with Gasteiger partial charge >= 0.3 is 5.97 Å². The molecule has 0 aromatic heterocycles. The number of hydrogen-bond acceptors (Lipinski definition) is 6. The van der Waals surface area contributed by atoms with Gasteiger partial charge in [0.05, 0.1) is 24.8 Å². The topological polar surface area (TPSA) is 71.8 Å². The molecule has 0 aliphatic rings. The van der Waals surface area contributed by atoms with E-state index in [0.717, 1.165) is 0 Å². The average molecular weight is 314 g/mol. The van der Waals surface area contributed by atoms with Gasteiger partial charge in [-0.05, 0) is 55.4 Å². The van der Waals surface area contributed by atoms with E-state index in [0.29, 0.717) is 13.2 Å². The molecule has 0 saturated carbocycles. The summed E-state index contributed by atoms with van der Waals surface area (Å²) in [5.41, 5.74) is -2.77. The Labute approximate surface area is 134 Å². The molecule has 0 aliphatic carbocycles. The minimum atomic E-state index is -1.08. The highest BCUT2D eigenvalue weighted by molar-refractivity contribution is 5.79. The Hall–Kier alpha value is -1.16. The first-order valence-corrected chi connectivity index (χ1v) is 7.60. The highest BCUT2D eigenvalue weighted by Gasteiger charge is 2.47. The van der Waals surface area contributed by atoms with E-state index in [9.17, 15) is 10.1 Å². The van der Waals surface area contributed by atoms with Crippen LogP contribution in [0.4, 0.5) is 0 Å². The predicted octanol–water partition coefficient (Wildman–Crippen LogP) is 2.68. The van der Waals surface area contributed by atoms with Crippen LogP contribution in [0.1, 0.15) is 55.4 Å². The zero-order valence-corrected chi connectivity index (χ0v) is 15.1. The maximum atomic E-state index is 12.3. The van der Waals surface area contributed by atoms with E-state index in [-0.39, 0.29) is 6.61 Å². The van der Waals surface area contributed by atoms with Gasteiger partial charge in [-0.15, -0.1) is 0 Å². The van der Waals surface area contributed by atoms with Gasteiger partial charge in [0.25, 0.3) is 0 Å². The fourth-order valence-corrected chi connectivity index (χ4v) is 2.04. The molecule has 0 aromatic carbocycles. The number of rotatable bonds is 9. The zero-order valence-electron chi connectivity index (χ0n) is 15.1. The molecule has 0 fully saturated rings. The van der Waals surface area contributed by atoms with Crippen molar-refractivity contribution in [1.29, 1.82) is 5.26 Å². The van der Waals surface area contributed by atoms with Crippen molar-refractivity contribution in [3.05, 3.63) is 0 Å². The second-order valence-electron chi connectivity index (χ2n) is 6.74. The van der Waals surface area contributed by atoms with Crippen molar-refractivity contribution in [2.45, 2.75) is 72.1 Å². The summed E-state index contributed by atoms with van der Waals surface area (Å²) in [4.78, 5) is 18.2. The molecule has 0 atom stereocenters. The molecule has 22 heavy (non-hydrogen) atoms. The molecule has 0 unspecified atom stereocenters. The van der Waals surface area contributed by atoms with Crippen molar-refractivity contribution in [2.24, 2.45) is 0 Å². The first-order chi connectivity index (χ1) is 9.94. The van der Waals surface area contributed by atoms with Crippen molar-refractivity contribution >= 4 is 5.97 Å². The SMILES string of the molecule is CCOCC(C)(C)N(OC(C)(C)C#N)C(C)(C)C(=O)OCC. The Morgan fingerprint density at radius 2 is 1.64 bits per heavy atom. The number of nitriles is 1. The summed E-state index contributed by atoms with van der Waals surface area (Å²) in [6, 6.07) is 2.09. The Morgan fingerprint density at radius 3 is 2.05 bits per heavy atom. The van der Waals surface area contributed by atoms with Crippen LogP contribution in [0.25, 0.3) is 0 Å². The molecule has 0 rings (SSSR count). The molecule has 0 saturated heterocycles. The van der Waals surface area contributed by atoms with E-state index in [1.54, 1.807) is 34.6 Å². The first kappa shape index (κ1) is 20.8.